The quantitative estimate of drug-likeness (QED) is 0.698. The third kappa shape index (κ3) is 4.74. The molecule has 0 unspecified atom stereocenters. The highest BCUT2D eigenvalue weighted by Crippen LogP contribution is 2.29. The van der Waals surface area contributed by atoms with Crippen molar-refractivity contribution in [2.75, 3.05) is 13.1 Å². The number of carbonyl (C=O) groups excluding carboxylic acids is 1. The van der Waals surface area contributed by atoms with E-state index in [1.165, 1.54) is 11.3 Å². The second-order valence-corrected chi connectivity index (χ2v) is 10.4. The van der Waals surface area contributed by atoms with E-state index in [9.17, 15) is 13.2 Å². The van der Waals surface area contributed by atoms with Gasteiger partial charge in [-0.1, -0.05) is 30.3 Å². The van der Waals surface area contributed by atoms with Gasteiger partial charge in [-0.15, -0.1) is 16.4 Å². The standard InChI is InChI=1S/C17H24N4O3S3/c1-2-6-14-16(26-20-19-14)17(22)18-10-9-13-7-3-4-11-21(13)27(23,24)15-8-5-12-25-15/h5,8,12-13H,2-4,6-7,9-11H2,1H3,(H,18,22)/t13-/m1/s1. The lowest BCUT2D eigenvalue weighted by atomic mass is 10.0. The molecule has 7 nitrogen and oxygen atoms in total. The minimum atomic E-state index is -3.45. The molecule has 1 amide bonds. The zero-order chi connectivity index (χ0) is 19.3. The number of hydrogen-bond acceptors (Lipinski definition) is 7. The van der Waals surface area contributed by atoms with Crippen molar-refractivity contribution in [1.29, 1.82) is 0 Å². The van der Waals surface area contributed by atoms with Crippen LogP contribution in [0.25, 0.3) is 0 Å². The first-order valence-corrected chi connectivity index (χ1v) is 12.3. The summed E-state index contributed by atoms with van der Waals surface area (Å²) in [5, 5.41) is 8.71. The Hall–Kier alpha value is -1.36. The van der Waals surface area contributed by atoms with E-state index in [4.69, 9.17) is 0 Å². The Morgan fingerprint density at radius 1 is 1.41 bits per heavy atom. The van der Waals surface area contributed by atoms with Crippen LogP contribution < -0.4 is 5.32 Å². The molecule has 1 aliphatic heterocycles. The summed E-state index contributed by atoms with van der Waals surface area (Å²) in [7, 11) is -3.45. The van der Waals surface area contributed by atoms with Gasteiger partial charge in [0.2, 0.25) is 0 Å². The fourth-order valence-electron chi connectivity index (χ4n) is 3.32. The molecule has 0 aliphatic carbocycles. The molecule has 27 heavy (non-hydrogen) atoms. The van der Waals surface area contributed by atoms with Gasteiger partial charge in [-0.3, -0.25) is 4.79 Å². The lowest BCUT2D eigenvalue weighted by Gasteiger charge is -2.34. The van der Waals surface area contributed by atoms with Crippen LogP contribution in [0.3, 0.4) is 0 Å². The first kappa shape index (κ1) is 20.4. The second-order valence-electron chi connectivity index (χ2n) is 6.54. The van der Waals surface area contributed by atoms with Gasteiger partial charge in [-0.2, -0.15) is 4.31 Å². The summed E-state index contributed by atoms with van der Waals surface area (Å²) in [5.41, 5.74) is 0.736. The van der Waals surface area contributed by atoms with Crippen LogP contribution in [0.15, 0.2) is 21.7 Å². The molecule has 0 saturated carbocycles. The van der Waals surface area contributed by atoms with Gasteiger partial charge >= 0.3 is 0 Å². The summed E-state index contributed by atoms with van der Waals surface area (Å²) in [5.74, 6) is -0.170. The molecule has 0 radical (unpaired) electrons. The van der Waals surface area contributed by atoms with E-state index in [1.54, 1.807) is 21.8 Å². The van der Waals surface area contributed by atoms with E-state index < -0.39 is 10.0 Å². The van der Waals surface area contributed by atoms with Crippen LogP contribution in [0.5, 0.6) is 0 Å². The minimum Gasteiger partial charge on any atom is -0.351 e. The third-order valence-electron chi connectivity index (χ3n) is 4.64. The lowest BCUT2D eigenvalue weighted by Crippen LogP contribution is -2.44. The number of carbonyl (C=O) groups is 1. The van der Waals surface area contributed by atoms with Crippen LogP contribution in [0.4, 0.5) is 0 Å². The van der Waals surface area contributed by atoms with Gasteiger partial charge in [0.05, 0.1) is 5.69 Å². The number of nitrogens with one attached hydrogen (secondary N) is 1. The number of aryl methyl sites for hydroxylation is 1. The van der Waals surface area contributed by atoms with E-state index in [1.807, 2.05) is 6.92 Å². The Morgan fingerprint density at radius 3 is 3.00 bits per heavy atom. The molecular formula is C17H24N4O3S3. The first-order chi connectivity index (χ1) is 13.0. The summed E-state index contributed by atoms with van der Waals surface area (Å²) < 4.78 is 31.7. The van der Waals surface area contributed by atoms with Crippen molar-refractivity contribution in [2.24, 2.45) is 0 Å². The summed E-state index contributed by atoms with van der Waals surface area (Å²) in [6, 6.07) is 3.33. The van der Waals surface area contributed by atoms with E-state index in [0.717, 1.165) is 49.3 Å². The molecule has 2 aromatic rings. The maximum Gasteiger partial charge on any atom is 0.264 e. The molecule has 1 N–H and O–H groups in total. The summed E-state index contributed by atoms with van der Waals surface area (Å²) in [6.45, 7) is 3.01. The Balaban J connectivity index is 1.60. The predicted molar refractivity (Wildman–Crippen MR) is 107 cm³/mol. The number of piperidine rings is 1. The minimum absolute atomic E-state index is 0.0825. The van der Waals surface area contributed by atoms with Crippen molar-refractivity contribution in [1.82, 2.24) is 19.2 Å². The third-order valence-corrected chi connectivity index (χ3v) is 8.73. The van der Waals surface area contributed by atoms with Gasteiger partial charge in [0.1, 0.15) is 9.09 Å². The van der Waals surface area contributed by atoms with Gasteiger partial charge in [0, 0.05) is 19.1 Å². The monoisotopic (exact) mass is 428 g/mol. The topological polar surface area (TPSA) is 92.3 Å². The molecule has 1 saturated heterocycles. The van der Waals surface area contributed by atoms with Crippen LogP contribution in [0.2, 0.25) is 0 Å². The van der Waals surface area contributed by atoms with Gasteiger partial charge in [0.15, 0.2) is 0 Å². The van der Waals surface area contributed by atoms with Crippen molar-refractivity contribution >= 4 is 38.8 Å². The van der Waals surface area contributed by atoms with E-state index in [2.05, 4.69) is 14.9 Å². The highest BCUT2D eigenvalue weighted by molar-refractivity contribution is 7.91. The van der Waals surface area contributed by atoms with Crippen LogP contribution in [-0.4, -0.2) is 47.3 Å². The molecule has 148 valence electrons. The molecule has 10 heteroatoms. The van der Waals surface area contributed by atoms with E-state index in [0.29, 0.717) is 28.6 Å². The number of hydrogen-bond donors (Lipinski definition) is 1. The fraction of sp³-hybridized carbons (Fsp3) is 0.588. The van der Waals surface area contributed by atoms with Gasteiger partial charge < -0.3 is 5.32 Å². The highest BCUT2D eigenvalue weighted by Gasteiger charge is 2.33. The molecule has 1 fully saturated rings. The Labute approximate surface area is 168 Å². The maximum absolute atomic E-state index is 12.9. The smallest absolute Gasteiger partial charge is 0.264 e. The SMILES string of the molecule is CCCc1nnsc1C(=O)NCC[C@H]1CCCCN1S(=O)(=O)c1cccs1. The zero-order valence-electron chi connectivity index (χ0n) is 15.3. The number of rotatable bonds is 8. The largest absolute Gasteiger partial charge is 0.351 e. The molecule has 2 aromatic heterocycles. The van der Waals surface area contributed by atoms with Gasteiger partial charge in [0.25, 0.3) is 15.9 Å². The zero-order valence-corrected chi connectivity index (χ0v) is 17.7. The fourth-order valence-corrected chi connectivity index (χ4v) is 6.79. The van der Waals surface area contributed by atoms with Crippen molar-refractivity contribution in [3.63, 3.8) is 0 Å². The van der Waals surface area contributed by atoms with Crippen molar-refractivity contribution < 1.29 is 13.2 Å². The molecule has 3 heterocycles. The summed E-state index contributed by atoms with van der Waals surface area (Å²) in [6.07, 6.45) is 4.95. The number of amides is 1. The number of aromatic nitrogens is 2. The Kier molecular flexibility index (Phi) is 6.96. The average molecular weight is 429 g/mol. The van der Waals surface area contributed by atoms with Crippen LogP contribution in [0, 0.1) is 0 Å². The number of sulfonamides is 1. The summed E-state index contributed by atoms with van der Waals surface area (Å²) >= 11 is 2.36. The number of thiophene rings is 1. The second kappa shape index (κ2) is 9.22. The molecule has 0 spiro atoms. The van der Waals surface area contributed by atoms with E-state index in [-0.39, 0.29) is 11.9 Å². The van der Waals surface area contributed by atoms with E-state index >= 15 is 0 Å². The molecule has 1 aliphatic rings. The van der Waals surface area contributed by atoms with Crippen molar-refractivity contribution in [3.05, 3.63) is 28.1 Å². The number of nitrogens with zero attached hydrogens (tertiary/aromatic N) is 3. The van der Waals surface area contributed by atoms with Gasteiger partial charge in [-0.25, -0.2) is 8.42 Å². The van der Waals surface area contributed by atoms with Crippen LogP contribution in [-0.2, 0) is 16.4 Å². The van der Waals surface area contributed by atoms with Crippen molar-refractivity contribution in [2.45, 2.75) is 55.7 Å². The summed E-state index contributed by atoms with van der Waals surface area (Å²) in [4.78, 5) is 13.0. The van der Waals surface area contributed by atoms with Gasteiger partial charge in [-0.05, 0) is 48.7 Å². The predicted octanol–water partition coefficient (Wildman–Crippen LogP) is 2.92. The Morgan fingerprint density at radius 2 is 2.26 bits per heavy atom. The van der Waals surface area contributed by atoms with Crippen LogP contribution in [0.1, 0.15) is 54.4 Å². The molecule has 3 rings (SSSR count). The molecule has 0 aromatic carbocycles. The normalized spacial score (nSPS) is 18.5. The molecule has 0 bridgehead atoms. The molecule has 1 atom stereocenters. The first-order valence-electron chi connectivity index (χ1n) is 9.18. The van der Waals surface area contributed by atoms with Crippen LogP contribution >= 0.6 is 22.9 Å². The maximum atomic E-state index is 12.9. The highest BCUT2D eigenvalue weighted by atomic mass is 32.2. The molecular weight excluding hydrogens is 404 g/mol. The Bertz CT molecular complexity index is 849. The van der Waals surface area contributed by atoms with Crippen molar-refractivity contribution in [3.8, 4) is 0 Å². The average Bonchev–Trinajstić information content (AvgIpc) is 3.34. The lowest BCUT2D eigenvalue weighted by molar-refractivity contribution is 0.0952.